The molecule has 0 aliphatic heterocycles. The maximum absolute atomic E-state index is 14.2. The summed E-state index contributed by atoms with van der Waals surface area (Å²) in [5.74, 6) is -0.330. The van der Waals surface area contributed by atoms with Gasteiger partial charge < -0.3 is 10.6 Å². The van der Waals surface area contributed by atoms with E-state index in [1.54, 1.807) is 30.3 Å². The topological polar surface area (TPSA) is 64.9 Å². The van der Waals surface area contributed by atoms with Gasteiger partial charge in [0.25, 0.3) is 0 Å². The van der Waals surface area contributed by atoms with Crippen LogP contribution >= 0.6 is 0 Å². The summed E-state index contributed by atoms with van der Waals surface area (Å²) in [6.07, 6.45) is 3.71. The summed E-state index contributed by atoms with van der Waals surface area (Å²) in [5, 5.41) is 15.2. The summed E-state index contributed by atoms with van der Waals surface area (Å²) in [6, 6.07) is 14.6. The molecule has 27 heavy (non-hydrogen) atoms. The number of carbonyl (C=O) groups is 1. The molecule has 0 aromatic heterocycles. The van der Waals surface area contributed by atoms with Crippen LogP contribution in [-0.4, -0.2) is 19.0 Å². The van der Waals surface area contributed by atoms with Crippen molar-refractivity contribution in [2.24, 2.45) is 5.92 Å². The second-order valence-electron chi connectivity index (χ2n) is 7.05. The summed E-state index contributed by atoms with van der Waals surface area (Å²) in [6.45, 7) is 0.169. The van der Waals surface area contributed by atoms with Crippen molar-refractivity contribution in [3.63, 3.8) is 0 Å². The Morgan fingerprint density at radius 1 is 1.15 bits per heavy atom. The summed E-state index contributed by atoms with van der Waals surface area (Å²) in [5.41, 5.74) is 2.69. The lowest BCUT2D eigenvalue weighted by atomic mass is 9.85. The van der Waals surface area contributed by atoms with E-state index in [1.165, 1.54) is 6.07 Å². The highest BCUT2D eigenvalue weighted by Gasteiger charge is 2.25. The van der Waals surface area contributed by atoms with E-state index in [1.807, 2.05) is 13.1 Å². The van der Waals surface area contributed by atoms with Gasteiger partial charge in [0.1, 0.15) is 5.82 Å². The van der Waals surface area contributed by atoms with Crippen LogP contribution in [0.15, 0.2) is 42.5 Å². The Hall–Kier alpha value is -2.71. The van der Waals surface area contributed by atoms with Gasteiger partial charge in [0.2, 0.25) is 5.91 Å². The van der Waals surface area contributed by atoms with Gasteiger partial charge >= 0.3 is 0 Å². The van der Waals surface area contributed by atoms with E-state index >= 15 is 0 Å². The molecule has 0 saturated heterocycles. The van der Waals surface area contributed by atoms with Gasteiger partial charge in [-0.25, -0.2) is 4.39 Å². The Bertz CT molecular complexity index is 851. The Balaban J connectivity index is 1.66. The van der Waals surface area contributed by atoms with Crippen LogP contribution in [0.4, 0.5) is 4.39 Å². The Labute approximate surface area is 159 Å². The molecule has 1 fully saturated rings. The van der Waals surface area contributed by atoms with Gasteiger partial charge in [0.05, 0.1) is 11.6 Å². The predicted octanol–water partition coefficient (Wildman–Crippen LogP) is 3.76. The first kappa shape index (κ1) is 19.1. The molecule has 1 aliphatic carbocycles. The number of rotatable bonds is 5. The second kappa shape index (κ2) is 8.79. The van der Waals surface area contributed by atoms with Crippen molar-refractivity contribution in [3.8, 4) is 17.2 Å². The summed E-state index contributed by atoms with van der Waals surface area (Å²) < 4.78 is 14.2. The Morgan fingerprint density at radius 3 is 2.59 bits per heavy atom. The molecule has 0 heterocycles. The zero-order valence-electron chi connectivity index (χ0n) is 15.5. The summed E-state index contributed by atoms with van der Waals surface area (Å²) in [4.78, 5) is 12.4. The molecule has 5 heteroatoms. The molecule has 140 valence electrons. The third-order valence-corrected chi connectivity index (χ3v) is 5.33. The molecular formula is C22H24FN3O. The van der Waals surface area contributed by atoms with Crippen LogP contribution in [0.2, 0.25) is 0 Å². The number of amides is 1. The van der Waals surface area contributed by atoms with E-state index in [9.17, 15) is 9.18 Å². The van der Waals surface area contributed by atoms with Crippen LogP contribution in [0.25, 0.3) is 11.1 Å². The number of nitriles is 1. The maximum Gasteiger partial charge on any atom is 0.223 e. The monoisotopic (exact) mass is 365 g/mol. The molecule has 0 radical (unpaired) electrons. The van der Waals surface area contributed by atoms with Gasteiger partial charge in [0.15, 0.2) is 0 Å². The van der Waals surface area contributed by atoms with E-state index < -0.39 is 0 Å². The summed E-state index contributed by atoms with van der Waals surface area (Å²) in [7, 11) is 1.95. The van der Waals surface area contributed by atoms with Crippen molar-refractivity contribution in [2.75, 3.05) is 7.05 Å². The third kappa shape index (κ3) is 4.72. The molecule has 1 amide bonds. The van der Waals surface area contributed by atoms with Crippen molar-refractivity contribution in [1.29, 1.82) is 5.26 Å². The molecule has 0 spiro atoms. The molecular weight excluding hydrogens is 341 g/mol. The number of hydrogen-bond donors (Lipinski definition) is 2. The first-order chi connectivity index (χ1) is 13.1. The van der Waals surface area contributed by atoms with Gasteiger partial charge in [-0.2, -0.15) is 5.26 Å². The fourth-order valence-corrected chi connectivity index (χ4v) is 3.63. The average Bonchev–Trinajstić information content (AvgIpc) is 2.73. The minimum atomic E-state index is -0.339. The normalized spacial score (nSPS) is 19.3. The van der Waals surface area contributed by atoms with Crippen LogP contribution < -0.4 is 10.6 Å². The van der Waals surface area contributed by atoms with Crippen LogP contribution in [0, 0.1) is 23.1 Å². The van der Waals surface area contributed by atoms with E-state index in [4.69, 9.17) is 5.26 Å². The van der Waals surface area contributed by atoms with E-state index in [-0.39, 0.29) is 24.2 Å². The minimum absolute atomic E-state index is 0.000772. The molecule has 4 nitrogen and oxygen atoms in total. The van der Waals surface area contributed by atoms with Crippen molar-refractivity contribution in [1.82, 2.24) is 10.6 Å². The standard InChI is InChI=1S/C22H24FN3O/c1-25-20-8-5-16(6-9-20)22(27)26-14-19-12-18(7-10-21(19)23)17-4-2-3-15(11-17)13-24/h2-4,7,10-12,16,20,25H,5-6,8-9,14H2,1H3,(H,26,27). The average molecular weight is 365 g/mol. The molecule has 0 unspecified atom stereocenters. The van der Waals surface area contributed by atoms with Gasteiger partial charge in [0, 0.05) is 24.1 Å². The van der Waals surface area contributed by atoms with E-state index in [0.29, 0.717) is 17.2 Å². The summed E-state index contributed by atoms with van der Waals surface area (Å²) >= 11 is 0. The molecule has 2 aromatic rings. The smallest absolute Gasteiger partial charge is 0.223 e. The fourth-order valence-electron chi connectivity index (χ4n) is 3.63. The molecule has 0 bridgehead atoms. The second-order valence-corrected chi connectivity index (χ2v) is 7.05. The van der Waals surface area contributed by atoms with Crippen LogP contribution in [-0.2, 0) is 11.3 Å². The number of hydrogen-bond acceptors (Lipinski definition) is 3. The third-order valence-electron chi connectivity index (χ3n) is 5.33. The van der Waals surface area contributed by atoms with E-state index in [0.717, 1.165) is 36.8 Å². The van der Waals surface area contributed by atoms with Crippen LogP contribution in [0.1, 0.15) is 36.8 Å². The number of benzene rings is 2. The van der Waals surface area contributed by atoms with Crippen molar-refractivity contribution >= 4 is 5.91 Å². The fraction of sp³-hybridized carbons (Fsp3) is 0.364. The highest BCUT2D eigenvalue weighted by Crippen LogP contribution is 2.25. The lowest BCUT2D eigenvalue weighted by Gasteiger charge is -2.27. The van der Waals surface area contributed by atoms with Gasteiger partial charge in [-0.3, -0.25) is 4.79 Å². The lowest BCUT2D eigenvalue weighted by molar-refractivity contribution is -0.126. The Kier molecular flexibility index (Phi) is 6.20. The molecule has 0 atom stereocenters. The van der Waals surface area contributed by atoms with Gasteiger partial charge in [-0.15, -0.1) is 0 Å². The first-order valence-electron chi connectivity index (χ1n) is 9.34. The van der Waals surface area contributed by atoms with E-state index in [2.05, 4.69) is 16.7 Å². The largest absolute Gasteiger partial charge is 0.352 e. The zero-order chi connectivity index (χ0) is 19.2. The molecule has 1 aliphatic rings. The highest BCUT2D eigenvalue weighted by molar-refractivity contribution is 5.78. The molecule has 3 rings (SSSR count). The predicted molar refractivity (Wildman–Crippen MR) is 103 cm³/mol. The molecule has 2 N–H and O–H groups in total. The number of nitrogens with zero attached hydrogens (tertiary/aromatic N) is 1. The molecule has 1 saturated carbocycles. The Morgan fingerprint density at radius 2 is 1.89 bits per heavy atom. The first-order valence-corrected chi connectivity index (χ1v) is 9.34. The SMILES string of the molecule is CNC1CCC(C(=O)NCc2cc(-c3cccc(C#N)c3)ccc2F)CC1. The van der Waals surface area contributed by atoms with Crippen molar-refractivity contribution < 1.29 is 9.18 Å². The lowest BCUT2D eigenvalue weighted by Crippen LogP contribution is -2.37. The maximum atomic E-state index is 14.2. The number of nitrogens with one attached hydrogen (secondary N) is 2. The van der Waals surface area contributed by atoms with Crippen LogP contribution in [0.3, 0.4) is 0 Å². The van der Waals surface area contributed by atoms with Crippen molar-refractivity contribution in [3.05, 3.63) is 59.4 Å². The quantitative estimate of drug-likeness (QED) is 0.848. The minimum Gasteiger partial charge on any atom is -0.352 e. The highest BCUT2D eigenvalue weighted by atomic mass is 19.1. The number of carbonyl (C=O) groups excluding carboxylic acids is 1. The van der Waals surface area contributed by atoms with Gasteiger partial charge in [-0.05, 0) is 68.1 Å². The van der Waals surface area contributed by atoms with Gasteiger partial charge in [-0.1, -0.05) is 18.2 Å². The van der Waals surface area contributed by atoms with Crippen LogP contribution in [0.5, 0.6) is 0 Å². The number of halogens is 1. The molecule has 2 aromatic carbocycles. The van der Waals surface area contributed by atoms with Crippen molar-refractivity contribution in [2.45, 2.75) is 38.3 Å². The zero-order valence-corrected chi connectivity index (χ0v) is 15.5.